The van der Waals surface area contributed by atoms with Crippen molar-refractivity contribution in [3.8, 4) is 0 Å². The minimum absolute atomic E-state index is 0.187. The van der Waals surface area contributed by atoms with Crippen LogP contribution in [0.1, 0.15) is 32.1 Å². The fourth-order valence-electron chi connectivity index (χ4n) is 0.761. The molecular weight excluding hydrogens is 138 g/mol. The lowest BCUT2D eigenvalue weighted by molar-refractivity contribution is 0.0323. The summed E-state index contributed by atoms with van der Waals surface area (Å²) in [5.74, 6) is 0. The van der Waals surface area contributed by atoms with Crippen molar-refractivity contribution in [1.82, 2.24) is 0 Å². The predicted molar refractivity (Wildman–Crippen MR) is 36.2 cm³/mol. The number of rotatable bonds is 6. The molecule has 0 rings (SSSR count). The Hall–Kier alpha value is -0.180. The zero-order chi connectivity index (χ0) is 7.82. The van der Waals surface area contributed by atoms with E-state index in [4.69, 9.17) is 5.11 Å². The van der Waals surface area contributed by atoms with E-state index in [9.17, 15) is 8.78 Å². The molecule has 0 aliphatic rings. The third-order valence-corrected chi connectivity index (χ3v) is 1.33. The highest BCUT2D eigenvalue weighted by atomic mass is 19.1. The van der Waals surface area contributed by atoms with Gasteiger partial charge in [0.25, 0.3) is 0 Å². The molecule has 0 aromatic heterocycles. The third-order valence-electron chi connectivity index (χ3n) is 1.33. The largest absolute Gasteiger partial charge is 0.364 e. The maximum absolute atomic E-state index is 11.7. The van der Waals surface area contributed by atoms with Gasteiger partial charge in [-0.1, -0.05) is 12.8 Å². The van der Waals surface area contributed by atoms with E-state index in [2.05, 4.69) is 0 Å². The third kappa shape index (κ3) is 7.82. The number of halogens is 2. The summed E-state index contributed by atoms with van der Waals surface area (Å²) in [6, 6.07) is 0. The summed E-state index contributed by atoms with van der Waals surface area (Å²) in [7, 11) is 0. The molecule has 0 aliphatic carbocycles. The Morgan fingerprint density at radius 3 is 2.20 bits per heavy atom. The molecule has 0 saturated carbocycles. The van der Waals surface area contributed by atoms with E-state index < -0.39 is 6.36 Å². The van der Waals surface area contributed by atoms with E-state index in [-0.39, 0.29) is 13.1 Å². The van der Waals surface area contributed by atoms with E-state index in [1.54, 1.807) is 0 Å². The summed E-state index contributed by atoms with van der Waals surface area (Å²) in [6.07, 6.45) is 1.31. The normalized spacial score (nSPS) is 13.5. The second kappa shape index (κ2) is 6.93. The fraction of sp³-hybridized carbons (Fsp3) is 1.00. The average Bonchev–Trinajstić information content (AvgIpc) is 1.87. The van der Waals surface area contributed by atoms with Gasteiger partial charge in [0.05, 0.1) is 6.67 Å². The van der Waals surface area contributed by atoms with Gasteiger partial charge in [0.15, 0.2) is 6.36 Å². The summed E-state index contributed by atoms with van der Waals surface area (Å²) < 4.78 is 23.1. The van der Waals surface area contributed by atoms with Gasteiger partial charge in [-0.3, -0.25) is 4.39 Å². The number of hydrogen-bond donors (Lipinski definition) is 1. The molecule has 0 saturated heterocycles. The molecule has 0 heterocycles. The smallest absolute Gasteiger partial charge is 0.196 e. The van der Waals surface area contributed by atoms with Crippen LogP contribution in [0.2, 0.25) is 0 Å². The highest BCUT2D eigenvalue weighted by molar-refractivity contribution is 4.44. The van der Waals surface area contributed by atoms with Crippen molar-refractivity contribution in [2.24, 2.45) is 0 Å². The van der Waals surface area contributed by atoms with Gasteiger partial charge in [-0.15, -0.1) is 0 Å². The molecule has 0 amide bonds. The molecule has 0 fully saturated rings. The Morgan fingerprint density at radius 2 is 1.70 bits per heavy atom. The van der Waals surface area contributed by atoms with Crippen LogP contribution in [0.5, 0.6) is 0 Å². The van der Waals surface area contributed by atoms with E-state index in [0.717, 1.165) is 12.8 Å². The Bertz CT molecular complexity index is 66.6. The zero-order valence-electron chi connectivity index (χ0n) is 6.02. The quantitative estimate of drug-likeness (QED) is 0.578. The van der Waals surface area contributed by atoms with Gasteiger partial charge in [-0.05, 0) is 12.8 Å². The summed E-state index contributed by atoms with van der Waals surface area (Å²) >= 11 is 0. The minimum atomic E-state index is -1.69. The molecule has 1 N–H and O–H groups in total. The van der Waals surface area contributed by atoms with Crippen molar-refractivity contribution in [3.63, 3.8) is 0 Å². The molecule has 3 heteroatoms. The first-order valence-corrected chi connectivity index (χ1v) is 3.65. The van der Waals surface area contributed by atoms with Gasteiger partial charge in [-0.2, -0.15) is 0 Å². The zero-order valence-corrected chi connectivity index (χ0v) is 6.02. The number of aliphatic hydroxyl groups is 1. The fourth-order valence-corrected chi connectivity index (χ4v) is 0.761. The van der Waals surface area contributed by atoms with Crippen molar-refractivity contribution in [3.05, 3.63) is 0 Å². The lowest BCUT2D eigenvalue weighted by atomic mass is 10.1. The maximum Gasteiger partial charge on any atom is 0.196 e. The Morgan fingerprint density at radius 1 is 1.10 bits per heavy atom. The first-order valence-electron chi connectivity index (χ1n) is 3.65. The van der Waals surface area contributed by atoms with Gasteiger partial charge in [0, 0.05) is 6.42 Å². The highest BCUT2D eigenvalue weighted by Crippen LogP contribution is 2.05. The van der Waals surface area contributed by atoms with Crippen molar-refractivity contribution in [2.45, 2.75) is 38.5 Å². The molecule has 0 aliphatic heterocycles. The highest BCUT2D eigenvalue weighted by Gasteiger charge is 1.97. The second-order valence-corrected chi connectivity index (χ2v) is 2.33. The number of alkyl halides is 2. The molecule has 10 heavy (non-hydrogen) atoms. The Kier molecular flexibility index (Phi) is 6.81. The lowest BCUT2D eigenvalue weighted by Crippen LogP contribution is -1.96. The van der Waals surface area contributed by atoms with E-state index in [1.165, 1.54) is 0 Å². The van der Waals surface area contributed by atoms with Crippen molar-refractivity contribution in [2.75, 3.05) is 6.67 Å². The molecule has 62 valence electrons. The van der Waals surface area contributed by atoms with Crippen molar-refractivity contribution in [1.29, 1.82) is 0 Å². The molecule has 0 aromatic rings. The number of hydrogen-bond acceptors (Lipinski definition) is 1. The molecule has 1 atom stereocenters. The lowest BCUT2D eigenvalue weighted by Gasteiger charge is -1.99. The van der Waals surface area contributed by atoms with Crippen LogP contribution in [0.25, 0.3) is 0 Å². The molecule has 1 nitrogen and oxygen atoms in total. The van der Waals surface area contributed by atoms with E-state index >= 15 is 0 Å². The SMILES string of the molecule is OC(F)CCCCCCF. The summed E-state index contributed by atoms with van der Waals surface area (Å²) in [6.45, 7) is -0.293. The molecule has 0 spiro atoms. The molecule has 1 unspecified atom stereocenters. The van der Waals surface area contributed by atoms with Crippen LogP contribution in [-0.2, 0) is 0 Å². The first-order chi connectivity index (χ1) is 4.77. The van der Waals surface area contributed by atoms with E-state index in [0.29, 0.717) is 12.8 Å². The van der Waals surface area contributed by atoms with Gasteiger partial charge in [-0.25, -0.2) is 4.39 Å². The Labute approximate surface area is 60.1 Å². The average molecular weight is 152 g/mol. The topological polar surface area (TPSA) is 20.2 Å². The van der Waals surface area contributed by atoms with Crippen LogP contribution in [0.15, 0.2) is 0 Å². The van der Waals surface area contributed by atoms with Crippen LogP contribution >= 0.6 is 0 Å². The molecular formula is C7H14F2O. The van der Waals surface area contributed by atoms with Crippen LogP contribution < -0.4 is 0 Å². The van der Waals surface area contributed by atoms with Crippen LogP contribution in [0.3, 0.4) is 0 Å². The number of aliphatic hydroxyl groups excluding tert-OH is 1. The Balaban J connectivity index is 2.77. The molecule has 0 aromatic carbocycles. The summed E-state index contributed by atoms with van der Waals surface area (Å²) in [5, 5.41) is 8.17. The molecule has 0 radical (unpaired) electrons. The van der Waals surface area contributed by atoms with Crippen LogP contribution in [0.4, 0.5) is 8.78 Å². The van der Waals surface area contributed by atoms with Gasteiger partial charge < -0.3 is 5.11 Å². The van der Waals surface area contributed by atoms with Crippen LogP contribution in [0, 0.1) is 0 Å². The van der Waals surface area contributed by atoms with Gasteiger partial charge in [0.2, 0.25) is 0 Å². The first kappa shape index (κ1) is 9.82. The maximum atomic E-state index is 11.7. The second-order valence-electron chi connectivity index (χ2n) is 2.33. The standard InChI is InChI=1S/C7H14F2O/c8-6-4-2-1-3-5-7(9)10/h7,10H,1-6H2. The molecule has 0 bridgehead atoms. The number of unbranched alkanes of at least 4 members (excludes halogenated alkanes) is 3. The summed E-state index contributed by atoms with van der Waals surface area (Å²) in [4.78, 5) is 0. The monoisotopic (exact) mass is 152 g/mol. The van der Waals surface area contributed by atoms with Crippen molar-refractivity contribution < 1.29 is 13.9 Å². The van der Waals surface area contributed by atoms with Crippen LogP contribution in [-0.4, -0.2) is 18.1 Å². The van der Waals surface area contributed by atoms with Gasteiger partial charge in [0.1, 0.15) is 0 Å². The van der Waals surface area contributed by atoms with Crippen molar-refractivity contribution >= 4 is 0 Å². The predicted octanol–water partition coefficient (Wildman–Crippen LogP) is 2.19. The van der Waals surface area contributed by atoms with E-state index in [1.807, 2.05) is 0 Å². The van der Waals surface area contributed by atoms with Gasteiger partial charge >= 0.3 is 0 Å². The minimum Gasteiger partial charge on any atom is -0.364 e. The summed E-state index contributed by atoms with van der Waals surface area (Å²) in [5.41, 5.74) is 0.